The van der Waals surface area contributed by atoms with Crippen LogP contribution in [0.1, 0.15) is 84.6 Å². The summed E-state index contributed by atoms with van der Waals surface area (Å²) in [5, 5.41) is 0. The fourth-order valence-corrected chi connectivity index (χ4v) is 3.17. The van der Waals surface area contributed by atoms with Crippen molar-refractivity contribution in [3.63, 3.8) is 0 Å². The van der Waals surface area contributed by atoms with Crippen molar-refractivity contribution in [2.45, 2.75) is 85.5 Å². The van der Waals surface area contributed by atoms with Crippen molar-refractivity contribution in [2.75, 3.05) is 0 Å². The van der Waals surface area contributed by atoms with Crippen LogP contribution in [0.15, 0.2) is 6.07 Å². The predicted octanol–water partition coefficient (Wildman–Crippen LogP) is 4.68. The second-order valence-corrected chi connectivity index (χ2v) is 9.14. The molecule has 0 nitrogen and oxygen atoms in total. The molecule has 0 aliphatic rings. The van der Waals surface area contributed by atoms with Gasteiger partial charge < -0.3 is 0 Å². The lowest BCUT2D eigenvalue weighted by molar-refractivity contribution is 0.548. The highest BCUT2D eigenvalue weighted by atomic mass is 14.3. The van der Waals surface area contributed by atoms with Crippen molar-refractivity contribution < 1.29 is 0 Å². The maximum Gasteiger partial charge on any atom is 0.114 e. The molecular weight excluding hydrogens is 239 g/mol. The third kappa shape index (κ3) is 3.30. The van der Waals surface area contributed by atoms with Gasteiger partial charge in [-0.05, 0) is 45.4 Å². The fourth-order valence-electron chi connectivity index (χ4n) is 3.17. The quantitative estimate of drug-likeness (QED) is 0.600. The third-order valence-electron chi connectivity index (χ3n) is 3.99. The van der Waals surface area contributed by atoms with Crippen molar-refractivity contribution >= 4 is 13.3 Å². The molecule has 0 heterocycles. The smallest absolute Gasteiger partial charge is 0.0891 e. The summed E-state index contributed by atoms with van der Waals surface area (Å²) in [4.78, 5) is 0. The SMILES string of the molecule is [B]c1c(C(C)(C)C)cc(C(C)(C)C)c(C)c1C(C)(C)C. The molecule has 1 heteroatoms. The zero-order valence-corrected chi connectivity index (χ0v) is 15.2. The minimum Gasteiger partial charge on any atom is -0.0891 e. The molecule has 0 atom stereocenters. The van der Waals surface area contributed by atoms with Gasteiger partial charge in [0.1, 0.15) is 7.85 Å². The van der Waals surface area contributed by atoms with E-state index in [1.807, 2.05) is 0 Å². The Morgan fingerprint density at radius 1 is 0.700 bits per heavy atom. The Morgan fingerprint density at radius 3 is 1.40 bits per heavy atom. The van der Waals surface area contributed by atoms with E-state index >= 15 is 0 Å². The summed E-state index contributed by atoms with van der Waals surface area (Å²) >= 11 is 0. The summed E-state index contributed by atoms with van der Waals surface area (Å²) in [5.74, 6) is 0. The highest BCUT2D eigenvalue weighted by Crippen LogP contribution is 2.36. The molecule has 0 fully saturated rings. The van der Waals surface area contributed by atoms with E-state index < -0.39 is 0 Å². The molecule has 1 aromatic carbocycles. The first-order valence-corrected chi connectivity index (χ1v) is 7.62. The van der Waals surface area contributed by atoms with Crippen molar-refractivity contribution in [3.8, 4) is 0 Å². The molecule has 2 radical (unpaired) electrons. The molecular formula is C19H31B. The number of benzene rings is 1. The monoisotopic (exact) mass is 270 g/mol. The van der Waals surface area contributed by atoms with Crippen LogP contribution in [-0.4, -0.2) is 7.85 Å². The molecule has 0 aromatic heterocycles. The lowest BCUT2D eigenvalue weighted by Gasteiger charge is -2.35. The van der Waals surface area contributed by atoms with Crippen LogP contribution in [0.3, 0.4) is 0 Å². The molecule has 0 spiro atoms. The van der Waals surface area contributed by atoms with E-state index in [0.717, 1.165) is 5.46 Å². The normalized spacial score (nSPS) is 13.7. The molecule has 0 unspecified atom stereocenters. The van der Waals surface area contributed by atoms with Crippen LogP contribution in [0, 0.1) is 6.92 Å². The Balaban J connectivity index is 3.86. The Labute approximate surface area is 127 Å². The molecule has 0 aliphatic carbocycles. The fraction of sp³-hybridized carbons (Fsp3) is 0.684. The third-order valence-corrected chi connectivity index (χ3v) is 3.99. The van der Waals surface area contributed by atoms with Gasteiger partial charge in [0.15, 0.2) is 0 Å². The average Bonchev–Trinajstić information content (AvgIpc) is 2.10. The van der Waals surface area contributed by atoms with Gasteiger partial charge in [0.05, 0.1) is 0 Å². The van der Waals surface area contributed by atoms with Crippen LogP contribution < -0.4 is 5.46 Å². The van der Waals surface area contributed by atoms with Gasteiger partial charge >= 0.3 is 0 Å². The van der Waals surface area contributed by atoms with E-state index in [9.17, 15) is 0 Å². The zero-order valence-electron chi connectivity index (χ0n) is 15.2. The van der Waals surface area contributed by atoms with Crippen LogP contribution in [0.4, 0.5) is 0 Å². The van der Waals surface area contributed by atoms with Gasteiger partial charge in [-0.2, -0.15) is 0 Å². The lowest BCUT2D eigenvalue weighted by atomic mass is 9.65. The van der Waals surface area contributed by atoms with Gasteiger partial charge in [0, 0.05) is 0 Å². The Bertz CT molecular complexity index is 464. The van der Waals surface area contributed by atoms with E-state index in [0.29, 0.717) is 0 Å². The van der Waals surface area contributed by atoms with E-state index in [1.54, 1.807) is 0 Å². The van der Waals surface area contributed by atoms with Gasteiger partial charge in [0.2, 0.25) is 0 Å². The summed E-state index contributed by atoms with van der Waals surface area (Å²) < 4.78 is 0. The highest BCUT2D eigenvalue weighted by molar-refractivity contribution is 6.35. The summed E-state index contributed by atoms with van der Waals surface area (Å²) in [6, 6.07) is 2.33. The van der Waals surface area contributed by atoms with Crippen molar-refractivity contribution in [1.29, 1.82) is 0 Å². The molecule has 1 aromatic rings. The van der Waals surface area contributed by atoms with Gasteiger partial charge in [-0.25, -0.2) is 0 Å². The summed E-state index contributed by atoms with van der Waals surface area (Å²) in [5.41, 5.74) is 6.62. The van der Waals surface area contributed by atoms with Crippen molar-refractivity contribution in [2.24, 2.45) is 0 Å². The van der Waals surface area contributed by atoms with Crippen LogP contribution in [-0.2, 0) is 16.2 Å². The molecule has 20 heavy (non-hydrogen) atoms. The van der Waals surface area contributed by atoms with Crippen molar-refractivity contribution in [1.82, 2.24) is 0 Å². The average molecular weight is 270 g/mol. The first-order valence-electron chi connectivity index (χ1n) is 7.62. The van der Waals surface area contributed by atoms with E-state index in [2.05, 4.69) is 75.3 Å². The number of hydrogen-bond donors (Lipinski definition) is 0. The largest absolute Gasteiger partial charge is 0.114 e. The molecule has 110 valence electrons. The second kappa shape index (κ2) is 4.93. The van der Waals surface area contributed by atoms with Gasteiger partial charge in [-0.1, -0.05) is 73.8 Å². The molecule has 0 N–H and O–H groups in total. The molecule has 1 rings (SSSR count). The zero-order chi connectivity index (χ0) is 16.1. The first-order chi connectivity index (χ1) is 8.67. The van der Waals surface area contributed by atoms with Crippen LogP contribution >= 0.6 is 0 Å². The summed E-state index contributed by atoms with van der Waals surface area (Å²) in [7, 11) is 6.57. The standard InChI is InChI=1S/C19H31B/c1-12-13(17(2,3)4)11-14(18(5,6)7)16(20)15(12)19(8,9)10/h11H,1-10H3. The molecule has 0 saturated carbocycles. The van der Waals surface area contributed by atoms with Crippen LogP contribution in [0.2, 0.25) is 0 Å². The maximum absolute atomic E-state index is 6.57. The maximum atomic E-state index is 6.57. The van der Waals surface area contributed by atoms with E-state index in [1.165, 1.54) is 22.3 Å². The van der Waals surface area contributed by atoms with Crippen molar-refractivity contribution in [3.05, 3.63) is 28.3 Å². The van der Waals surface area contributed by atoms with Crippen LogP contribution in [0.5, 0.6) is 0 Å². The number of rotatable bonds is 0. The minimum absolute atomic E-state index is 0.0649. The molecule has 0 aliphatic heterocycles. The van der Waals surface area contributed by atoms with Gasteiger partial charge in [0.25, 0.3) is 0 Å². The van der Waals surface area contributed by atoms with Gasteiger partial charge in [-0.3, -0.25) is 0 Å². The molecule has 0 amide bonds. The molecule has 0 saturated heterocycles. The molecule has 0 bridgehead atoms. The second-order valence-electron chi connectivity index (χ2n) is 9.14. The van der Waals surface area contributed by atoms with Crippen LogP contribution in [0.25, 0.3) is 0 Å². The lowest BCUT2D eigenvalue weighted by Crippen LogP contribution is -2.34. The summed E-state index contributed by atoms with van der Waals surface area (Å²) in [6.45, 7) is 22.6. The van der Waals surface area contributed by atoms with E-state index in [4.69, 9.17) is 7.85 Å². The highest BCUT2D eigenvalue weighted by Gasteiger charge is 2.29. The Hall–Kier alpha value is -0.715. The minimum atomic E-state index is 0.0649. The topological polar surface area (TPSA) is 0 Å². The Morgan fingerprint density at radius 2 is 1.10 bits per heavy atom. The number of hydrogen-bond acceptors (Lipinski definition) is 0. The predicted molar refractivity (Wildman–Crippen MR) is 92.7 cm³/mol. The van der Waals surface area contributed by atoms with E-state index in [-0.39, 0.29) is 16.2 Å². The van der Waals surface area contributed by atoms with Gasteiger partial charge in [-0.15, -0.1) is 0 Å². The first kappa shape index (κ1) is 17.3. The summed E-state index contributed by atoms with van der Waals surface area (Å²) in [6.07, 6.45) is 0. The Kier molecular flexibility index (Phi) is 4.27.